The maximum atomic E-state index is 12.4. The number of carbonyl (C=O) groups excluding carboxylic acids is 1. The smallest absolute Gasteiger partial charge is 0.258 e. The summed E-state index contributed by atoms with van der Waals surface area (Å²) >= 11 is 0. The molecule has 0 saturated carbocycles. The molecular formula is C22H27NO2. The molecule has 0 bridgehead atoms. The van der Waals surface area contributed by atoms with E-state index in [1.54, 1.807) is 0 Å². The Kier molecular flexibility index (Phi) is 5.75. The highest BCUT2D eigenvalue weighted by Gasteiger charge is 2.21. The van der Waals surface area contributed by atoms with E-state index in [1.165, 1.54) is 16.7 Å². The summed E-state index contributed by atoms with van der Waals surface area (Å²) in [6.07, 6.45) is 4.25. The van der Waals surface area contributed by atoms with Gasteiger partial charge in [0.1, 0.15) is 5.75 Å². The van der Waals surface area contributed by atoms with E-state index in [1.807, 2.05) is 24.3 Å². The molecule has 2 aromatic rings. The Bertz CT molecular complexity index is 725. The van der Waals surface area contributed by atoms with E-state index in [9.17, 15) is 4.79 Å². The number of fused-ring (bicyclic) bond motifs is 1. The van der Waals surface area contributed by atoms with Gasteiger partial charge in [0.25, 0.3) is 5.91 Å². The van der Waals surface area contributed by atoms with Gasteiger partial charge < -0.3 is 10.1 Å². The van der Waals surface area contributed by atoms with Crippen molar-refractivity contribution in [2.75, 3.05) is 6.61 Å². The van der Waals surface area contributed by atoms with Gasteiger partial charge in [-0.25, -0.2) is 0 Å². The van der Waals surface area contributed by atoms with Gasteiger partial charge in [0.2, 0.25) is 0 Å². The summed E-state index contributed by atoms with van der Waals surface area (Å²) in [5, 5.41) is 3.14. The minimum Gasteiger partial charge on any atom is -0.483 e. The molecule has 132 valence electrons. The van der Waals surface area contributed by atoms with E-state index in [2.05, 4.69) is 43.4 Å². The largest absolute Gasteiger partial charge is 0.483 e. The maximum Gasteiger partial charge on any atom is 0.258 e. The van der Waals surface area contributed by atoms with Crippen molar-refractivity contribution in [3.63, 3.8) is 0 Å². The quantitative estimate of drug-likeness (QED) is 0.824. The molecule has 1 N–H and O–H groups in total. The van der Waals surface area contributed by atoms with E-state index < -0.39 is 0 Å². The molecule has 0 radical (unpaired) electrons. The Morgan fingerprint density at radius 2 is 1.96 bits per heavy atom. The van der Waals surface area contributed by atoms with E-state index in [0.717, 1.165) is 31.4 Å². The van der Waals surface area contributed by atoms with Gasteiger partial charge in [-0.05, 0) is 54.4 Å². The lowest BCUT2D eigenvalue weighted by Crippen LogP contribution is -2.34. The highest BCUT2D eigenvalue weighted by molar-refractivity contribution is 5.78. The van der Waals surface area contributed by atoms with Gasteiger partial charge >= 0.3 is 0 Å². The van der Waals surface area contributed by atoms with Gasteiger partial charge in [-0.1, -0.05) is 56.3 Å². The fraction of sp³-hybridized carbons (Fsp3) is 0.409. The number of aryl methyl sites for hydroxylation is 1. The molecule has 0 aromatic heterocycles. The highest BCUT2D eigenvalue weighted by Crippen LogP contribution is 2.30. The van der Waals surface area contributed by atoms with E-state index in [0.29, 0.717) is 5.92 Å². The van der Waals surface area contributed by atoms with Crippen LogP contribution in [0.25, 0.3) is 0 Å². The molecule has 2 atom stereocenters. The van der Waals surface area contributed by atoms with E-state index in [4.69, 9.17) is 4.74 Å². The van der Waals surface area contributed by atoms with Gasteiger partial charge in [0.15, 0.2) is 6.61 Å². The third kappa shape index (κ3) is 4.22. The second kappa shape index (κ2) is 8.19. The summed E-state index contributed by atoms with van der Waals surface area (Å²) in [5.41, 5.74) is 3.77. The topological polar surface area (TPSA) is 38.3 Å². The maximum absolute atomic E-state index is 12.4. The van der Waals surface area contributed by atoms with Gasteiger partial charge in [0, 0.05) is 0 Å². The van der Waals surface area contributed by atoms with Crippen LogP contribution in [-0.2, 0) is 11.2 Å². The molecule has 2 aromatic carbocycles. The van der Waals surface area contributed by atoms with Crippen molar-refractivity contribution >= 4 is 5.91 Å². The van der Waals surface area contributed by atoms with Crippen LogP contribution < -0.4 is 10.1 Å². The normalized spacial score (nSPS) is 17.4. The molecule has 0 spiro atoms. The Labute approximate surface area is 150 Å². The summed E-state index contributed by atoms with van der Waals surface area (Å²) in [4.78, 5) is 12.4. The van der Waals surface area contributed by atoms with Crippen LogP contribution in [0.1, 0.15) is 61.8 Å². The third-order valence-corrected chi connectivity index (χ3v) is 5.13. The molecule has 25 heavy (non-hydrogen) atoms. The lowest BCUT2D eigenvalue weighted by molar-refractivity contribution is -0.124. The first-order valence-electron chi connectivity index (χ1n) is 9.28. The number of benzene rings is 2. The highest BCUT2D eigenvalue weighted by atomic mass is 16.5. The number of amides is 1. The zero-order chi connectivity index (χ0) is 17.6. The number of carbonyl (C=O) groups is 1. The van der Waals surface area contributed by atoms with E-state index in [-0.39, 0.29) is 18.6 Å². The van der Waals surface area contributed by atoms with Crippen LogP contribution >= 0.6 is 0 Å². The number of ether oxygens (including phenoxy) is 1. The number of nitrogens with one attached hydrogen (secondary N) is 1. The van der Waals surface area contributed by atoms with Crippen LogP contribution in [0.15, 0.2) is 48.5 Å². The zero-order valence-electron chi connectivity index (χ0n) is 15.1. The molecule has 0 fully saturated rings. The summed E-state index contributed by atoms with van der Waals surface area (Å²) in [6, 6.07) is 16.5. The SMILES string of the molecule is CC[C@@H](C)c1ccccc1OCC(=O)N[C@@H]1CCCc2ccccc21. The summed E-state index contributed by atoms with van der Waals surface area (Å²) < 4.78 is 5.84. The molecule has 1 aliphatic rings. The van der Waals surface area contributed by atoms with Crippen molar-refractivity contribution < 1.29 is 9.53 Å². The molecule has 0 saturated heterocycles. The van der Waals surface area contributed by atoms with Crippen molar-refractivity contribution in [3.05, 3.63) is 65.2 Å². The Hall–Kier alpha value is -2.29. The van der Waals surface area contributed by atoms with Gasteiger partial charge in [0.05, 0.1) is 6.04 Å². The lowest BCUT2D eigenvalue weighted by atomic mass is 9.88. The van der Waals surface area contributed by atoms with E-state index >= 15 is 0 Å². The van der Waals surface area contributed by atoms with Crippen molar-refractivity contribution in [1.29, 1.82) is 0 Å². The Morgan fingerprint density at radius 1 is 1.20 bits per heavy atom. The summed E-state index contributed by atoms with van der Waals surface area (Å²) in [6.45, 7) is 4.40. The molecule has 0 aliphatic heterocycles. The fourth-order valence-corrected chi connectivity index (χ4v) is 3.52. The van der Waals surface area contributed by atoms with Crippen molar-refractivity contribution in [2.45, 2.75) is 51.5 Å². The summed E-state index contributed by atoms with van der Waals surface area (Å²) in [5.74, 6) is 1.18. The number of hydrogen-bond donors (Lipinski definition) is 1. The molecule has 1 aliphatic carbocycles. The van der Waals surface area contributed by atoms with Crippen molar-refractivity contribution in [1.82, 2.24) is 5.32 Å². The minimum atomic E-state index is -0.0549. The third-order valence-electron chi connectivity index (χ3n) is 5.13. The van der Waals surface area contributed by atoms with Crippen LogP contribution in [-0.4, -0.2) is 12.5 Å². The first-order valence-corrected chi connectivity index (χ1v) is 9.28. The number of para-hydroxylation sites is 1. The van der Waals surface area contributed by atoms with Crippen LogP contribution in [0, 0.1) is 0 Å². The van der Waals surface area contributed by atoms with Gasteiger partial charge in [-0.15, -0.1) is 0 Å². The molecule has 3 heteroatoms. The average molecular weight is 337 g/mol. The molecule has 0 unspecified atom stereocenters. The number of rotatable bonds is 6. The monoisotopic (exact) mass is 337 g/mol. The fourth-order valence-electron chi connectivity index (χ4n) is 3.52. The standard InChI is InChI=1S/C22H27NO2/c1-3-16(2)18-11-6-7-14-21(18)25-15-22(24)23-20-13-8-10-17-9-4-5-12-19(17)20/h4-7,9,11-12,14,16,20H,3,8,10,13,15H2,1-2H3,(H,23,24)/t16-,20-/m1/s1. The molecule has 3 rings (SSSR count). The van der Waals surface area contributed by atoms with Crippen LogP contribution in [0.3, 0.4) is 0 Å². The van der Waals surface area contributed by atoms with Gasteiger partial charge in [-0.3, -0.25) is 4.79 Å². The Morgan fingerprint density at radius 3 is 2.80 bits per heavy atom. The van der Waals surface area contributed by atoms with Crippen LogP contribution in [0.5, 0.6) is 5.75 Å². The van der Waals surface area contributed by atoms with Crippen molar-refractivity contribution in [3.8, 4) is 5.75 Å². The Balaban J connectivity index is 1.61. The molecule has 3 nitrogen and oxygen atoms in total. The minimum absolute atomic E-state index is 0.0549. The molecule has 1 amide bonds. The first kappa shape index (κ1) is 17.5. The van der Waals surface area contributed by atoms with Crippen LogP contribution in [0.2, 0.25) is 0 Å². The number of hydrogen-bond acceptors (Lipinski definition) is 2. The second-order valence-electron chi connectivity index (χ2n) is 6.85. The zero-order valence-corrected chi connectivity index (χ0v) is 15.1. The first-order chi connectivity index (χ1) is 12.2. The lowest BCUT2D eigenvalue weighted by Gasteiger charge is -2.26. The summed E-state index contributed by atoms with van der Waals surface area (Å²) in [7, 11) is 0. The predicted octanol–water partition coefficient (Wildman–Crippen LogP) is 4.77. The predicted molar refractivity (Wildman–Crippen MR) is 101 cm³/mol. The van der Waals surface area contributed by atoms with Crippen LogP contribution in [0.4, 0.5) is 0 Å². The molecule has 0 heterocycles. The average Bonchev–Trinajstić information content (AvgIpc) is 2.66. The van der Waals surface area contributed by atoms with Crippen molar-refractivity contribution in [2.24, 2.45) is 0 Å². The van der Waals surface area contributed by atoms with Gasteiger partial charge in [-0.2, -0.15) is 0 Å². The second-order valence-corrected chi connectivity index (χ2v) is 6.85. The molecular weight excluding hydrogens is 310 g/mol.